The number of aliphatic carboxylic acids is 1. The fourth-order valence-electron chi connectivity index (χ4n) is 0.882. The molecule has 1 aliphatic heterocycles. The molecule has 2 amide bonds. The van der Waals surface area contributed by atoms with Crippen LogP contribution in [0.15, 0.2) is 11.6 Å². The molecule has 5 nitrogen and oxygen atoms in total. The van der Waals surface area contributed by atoms with Gasteiger partial charge in [0.05, 0.1) is 5.92 Å². The van der Waals surface area contributed by atoms with Gasteiger partial charge in [-0.25, -0.2) is 0 Å². The molecule has 1 unspecified atom stereocenters. The highest BCUT2D eigenvalue weighted by molar-refractivity contribution is 6.17. The Bertz CT molecular complexity index is 292. The van der Waals surface area contributed by atoms with E-state index in [4.69, 9.17) is 5.11 Å². The van der Waals surface area contributed by atoms with Crippen LogP contribution in [-0.2, 0) is 14.4 Å². The molecule has 0 aliphatic carbocycles. The van der Waals surface area contributed by atoms with Crippen molar-refractivity contribution in [3.63, 3.8) is 0 Å². The van der Waals surface area contributed by atoms with Crippen molar-refractivity contribution in [2.45, 2.75) is 6.92 Å². The van der Waals surface area contributed by atoms with E-state index in [0.29, 0.717) is 0 Å². The van der Waals surface area contributed by atoms with Gasteiger partial charge >= 0.3 is 5.97 Å². The molecule has 1 rings (SSSR count). The molecule has 2 N–H and O–H groups in total. The standard InChI is InChI=1S/C7H7NO4/c1-3(7(11)12)4-2-5(9)8-6(4)10/h2-3H,1H3,(H,11,12)(H,8,9,10). The van der Waals surface area contributed by atoms with E-state index in [1.807, 2.05) is 5.32 Å². The van der Waals surface area contributed by atoms with Crippen LogP contribution >= 0.6 is 0 Å². The second-order valence-corrected chi connectivity index (χ2v) is 2.48. The van der Waals surface area contributed by atoms with Crippen molar-refractivity contribution in [3.8, 4) is 0 Å². The first-order valence-electron chi connectivity index (χ1n) is 3.32. The van der Waals surface area contributed by atoms with Gasteiger partial charge in [-0.2, -0.15) is 0 Å². The van der Waals surface area contributed by atoms with Crippen molar-refractivity contribution >= 4 is 17.8 Å². The van der Waals surface area contributed by atoms with Crippen molar-refractivity contribution in [2.24, 2.45) is 5.92 Å². The Morgan fingerprint density at radius 1 is 1.58 bits per heavy atom. The fraction of sp³-hybridized carbons (Fsp3) is 0.286. The van der Waals surface area contributed by atoms with E-state index in [9.17, 15) is 14.4 Å². The molecular formula is C7H7NO4. The summed E-state index contributed by atoms with van der Waals surface area (Å²) in [6, 6.07) is 0. The quantitative estimate of drug-likeness (QED) is 0.535. The van der Waals surface area contributed by atoms with Gasteiger partial charge in [0.25, 0.3) is 11.8 Å². The summed E-state index contributed by atoms with van der Waals surface area (Å²) in [5.74, 6) is -3.22. The van der Waals surface area contributed by atoms with Crippen molar-refractivity contribution in [1.82, 2.24) is 5.32 Å². The highest BCUT2D eigenvalue weighted by atomic mass is 16.4. The Labute approximate surface area is 68.1 Å². The second kappa shape index (κ2) is 2.77. The maximum absolute atomic E-state index is 10.9. The minimum atomic E-state index is -1.12. The lowest BCUT2D eigenvalue weighted by atomic mass is 10.0. The smallest absolute Gasteiger partial charge is 0.310 e. The zero-order valence-corrected chi connectivity index (χ0v) is 6.33. The molecule has 12 heavy (non-hydrogen) atoms. The van der Waals surface area contributed by atoms with E-state index >= 15 is 0 Å². The first-order chi connectivity index (χ1) is 5.52. The van der Waals surface area contributed by atoms with E-state index in [0.717, 1.165) is 6.08 Å². The van der Waals surface area contributed by atoms with Crippen LogP contribution in [0.5, 0.6) is 0 Å². The highest BCUT2D eigenvalue weighted by Gasteiger charge is 2.29. The molecule has 5 heteroatoms. The van der Waals surface area contributed by atoms with Crippen molar-refractivity contribution in [3.05, 3.63) is 11.6 Å². The van der Waals surface area contributed by atoms with E-state index in [1.54, 1.807) is 0 Å². The van der Waals surface area contributed by atoms with Gasteiger partial charge < -0.3 is 5.11 Å². The molecule has 0 fully saturated rings. The molecular weight excluding hydrogens is 162 g/mol. The zero-order valence-electron chi connectivity index (χ0n) is 6.33. The molecule has 0 aromatic rings. The average Bonchev–Trinajstić information content (AvgIpc) is 2.28. The largest absolute Gasteiger partial charge is 0.481 e. The number of carboxylic acids is 1. The van der Waals surface area contributed by atoms with Crippen LogP contribution in [0.25, 0.3) is 0 Å². The Balaban J connectivity index is 2.89. The Morgan fingerprint density at radius 3 is 2.50 bits per heavy atom. The highest BCUT2D eigenvalue weighted by Crippen LogP contribution is 2.14. The van der Waals surface area contributed by atoms with Crippen LogP contribution in [0.2, 0.25) is 0 Å². The van der Waals surface area contributed by atoms with Crippen LogP contribution < -0.4 is 5.32 Å². The van der Waals surface area contributed by atoms with Gasteiger partial charge in [0.15, 0.2) is 0 Å². The van der Waals surface area contributed by atoms with Crippen molar-refractivity contribution < 1.29 is 19.5 Å². The normalized spacial score (nSPS) is 18.6. The molecule has 0 radical (unpaired) electrons. The molecule has 0 bridgehead atoms. The summed E-state index contributed by atoms with van der Waals surface area (Å²) in [7, 11) is 0. The van der Waals surface area contributed by atoms with Crippen molar-refractivity contribution in [2.75, 3.05) is 0 Å². The summed E-state index contributed by atoms with van der Waals surface area (Å²) in [6.45, 7) is 1.35. The van der Waals surface area contributed by atoms with E-state index in [-0.39, 0.29) is 5.57 Å². The predicted octanol–water partition coefficient (Wildman–Crippen LogP) is -0.710. The summed E-state index contributed by atoms with van der Waals surface area (Å²) in [5, 5.41) is 10.5. The van der Waals surface area contributed by atoms with Gasteiger partial charge in [0.2, 0.25) is 0 Å². The molecule has 0 saturated heterocycles. The van der Waals surface area contributed by atoms with Gasteiger partial charge in [-0.1, -0.05) is 0 Å². The molecule has 0 aromatic heterocycles. The minimum Gasteiger partial charge on any atom is -0.481 e. The number of nitrogens with one attached hydrogen (secondary N) is 1. The number of imide groups is 1. The van der Waals surface area contributed by atoms with Crippen LogP contribution in [0.4, 0.5) is 0 Å². The number of amides is 2. The van der Waals surface area contributed by atoms with Gasteiger partial charge in [0.1, 0.15) is 0 Å². The average molecular weight is 169 g/mol. The maximum atomic E-state index is 10.9. The third-order valence-electron chi connectivity index (χ3n) is 1.62. The molecule has 1 atom stereocenters. The van der Waals surface area contributed by atoms with Gasteiger partial charge in [0, 0.05) is 11.6 Å². The lowest BCUT2D eigenvalue weighted by Gasteiger charge is -2.03. The molecule has 1 heterocycles. The van der Waals surface area contributed by atoms with Crippen LogP contribution in [0, 0.1) is 5.92 Å². The SMILES string of the molecule is CC(C(=O)O)C1=CC(=O)NC1=O. The molecule has 0 spiro atoms. The lowest BCUT2D eigenvalue weighted by Crippen LogP contribution is -2.25. The van der Waals surface area contributed by atoms with Crippen molar-refractivity contribution in [1.29, 1.82) is 0 Å². The Morgan fingerprint density at radius 2 is 2.17 bits per heavy atom. The molecule has 0 aromatic carbocycles. The maximum Gasteiger partial charge on any atom is 0.310 e. The van der Waals surface area contributed by atoms with Gasteiger partial charge in [-0.05, 0) is 6.92 Å². The number of rotatable bonds is 2. The van der Waals surface area contributed by atoms with E-state index in [2.05, 4.69) is 0 Å². The molecule has 0 saturated carbocycles. The lowest BCUT2D eigenvalue weighted by molar-refractivity contribution is -0.141. The van der Waals surface area contributed by atoms with Gasteiger partial charge in [-0.15, -0.1) is 0 Å². The summed E-state index contributed by atoms with van der Waals surface area (Å²) < 4.78 is 0. The summed E-state index contributed by atoms with van der Waals surface area (Å²) in [4.78, 5) is 31.9. The third-order valence-corrected chi connectivity index (χ3v) is 1.62. The summed E-state index contributed by atoms with van der Waals surface area (Å²) in [5.41, 5.74) is 0.00694. The van der Waals surface area contributed by atoms with Crippen LogP contribution in [0.1, 0.15) is 6.92 Å². The van der Waals surface area contributed by atoms with Gasteiger partial charge in [-0.3, -0.25) is 19.7 Å². The Kier molecular flexibility index (Phi) is 1.95. The van der Waals surface area contributed by atoms with E-state index < -0.39 is 23.7 Å². The number of carbonyl (C=O) groups excluding carboxylic acids is 2. The number of carbonyl (C=O) groups is 3. The topological polar surface area (TPSA) is 83.5 Å². The number of hydrogen-bond acceptors (Lipinski definition) is 3. The second-order valence-electron chi connectivity index (χ2n) is 2.48. The summed E-state index contributed by atoms with van der Waals surface area (Å²) >= 11 is 0. The predicted molar refractivity (Wildman–Crippen MR) is 38.0 cm³/mol. The monoisotopic (exact) mass is 169 g/mol. The van der Waals surface area contributed by atoms with Crippen LogP contribution in [0.3, 0.4) is 0 Å². The minimum absolute atomic E-state index is 0.00694. The Hall–Kier alpha value is -1.65. The van der Waals surface area contributed by atoms with E-state index in [1.165, 1.54) is 6.92 Å². The molecule has 64 valence electrons. The molecule has 1 aliphatic rings. The number of hydrogen-bond donors (Lipinski definition) is 2. The first kappa shape index (κ1) is 8.45. The first-order valence-corrected chi connectivity index (χ1v) is 3.32. The summed E-state index contributed by atoms with van der Waals surface area (Å²) in [6.07, 6.45) is 1.01. The third kappa shape index (κ3) is 1.34. The number of carboxylic acid groups (broad SMARTS) is 1. The fourth-order valence-corrected chi connectivity index (χ4v) is 0.882. The van der Waals surface area contributed by atoms with Crippen LogP contribution in [-0.4, -0.2) is 22.9 Å². The zero-order chi connectivity index (χ0) is 9.30.